The third-order valence-electron chi connectivity index (χ3n) is 2.73. The van der Waals surface area contributed by atoms with Crippen LogP contribution in [-0.4, -0.2) is 0 Å². The van der Waals surface area contributed by atoms with Crippen molar-refractivity contribution in [3.05, 3.63) is 56.2 Å². The lowest BCUT2D eigenvalue weighted by molar-refractivity contribution is -0.137. The van der Waals surface area contributed by atoms with E-state index < -0.39 is 11.7 Å². The molecule has 0 atom stereocenters. The zero-order valence-corrected chi connectivity index (χ0v) is 12.8. The molecule has 0 unspecified atom stereocenters. The van der Waals surface area contributed by atoms with Gasteiger partial charge in [0, 0.05) is 14.9 Å². The first-order valence-electron chi connectivity index (χ1n) is 5.65. The molecule has 0 radical (unpaired) electrons. The molecule has 1 aromatic carbocycles. The molecule has 0 saturated carbocycles. The summed E-state index contributed by atoms with van der Waals surface area (Å²) in [5, 5.41) is 11.0. The molecule has 0 saturated heterocycles. The molecule has 21 heavy (non-hydrogen) atoms. The van der Waals surface area contributed by atoms with Crippen LogP contribution in [0.1, 0.15) is 16.0 Å². The molecule has 108 valence electrons. The molecule has 0 aliphatic heterocycles. The number of hydrogen-bond acceptors (Lipinski definition) is 3. The largest absolute Gasteiger partial charge is 0.416 e. The van der Waals surface area contributed by atoms with Gasteiger partial charge in [0.15, 0.2) is 0 Å². The van der Waals surface area contributed by atoms with Crippen molar-refractivity contribution in [2.75, 3.05) is 0 Å². The number of halogens is 4. The molecule has 1 heterocycles. The van der Waals surface area contributed by atoms with Crippen LogP contribution in [0.25, 0.3) is 11.3 Å². The van der Waals surface area contributed by atoms with E-state index in [1.165, 1.54) is 17.4 Å². The first kappa shape index (κ1) is 15.6. The fraction of sp³-hybridized carbons (Fsp3) is 0.0714. The highest BCUT2D eigenvalue weighted by atomic mass is 79.9. The Morgan fingerprint density at radius 1 is 1.29 bits per heavy atom. The summed E-state index contributed by atoms with van der Waals surface area (Å²) in [5.41, 5.74) is 5.42. The maximum absolute atomic E-state index is 12.8. The lowest BCUT2D eigenvalue weighted by atomic mass is 10.0. The van der Waals surface area contributed by atoms with Crippen LogP contribution in [0.4, 0.5) is 13.2 Å². The molecule has 0 aliphatic rings. The lowest BCUT2D eigenvalue weighted by Gasteiger charge is -2.12. The predicted octanol–water partition coefficient (Wildman–Crippen LogP) is 4.88. The van der Waals surface area contributed by atoms with Gasteiger partial charge in [-0.2, -0.15) is 18.4 Å². The average molecular weight is 373 g/mol. The van der Waals surface area contributed by atoms with Gasteiger partial charge in [-0.25, -0.2) is 0 Å². The number of allylic oxidation sites excluding steroid dienone is 1. The summed E-state index contributed by atoms with van der Waals surface area (Å²) in [6.07, 6.45) is -4.47. The smallest absolute Gasteiger partial charge is 0.397 e. The van der Waals surface area contributed by atoms with Gasteiger partial charge in [0.2, 0.25) is 0 Å². The van der Waals surface area contributed by atoms with E-state index in [2.05, 4.69) is 15.9 Å². The van der Waals surface area contributed by atoms with Crippen LogP contribution in [0.15, 0.2) is 40.2 Å². The zero-order valence-electron chi connectivity index (χ0n) is 10.4. The fourth-order valence-corrected chi connectivity index (χ4v) is 2.91. The molecule has 0 aliphatic carbocycles. The van der Waals surface area contributed by atoms with Crippen LogP contribution >= 0.6 is 27.3 Å². The SMILES string of the molecule is N#C/C(=C(/N)c1cc(C(F)(F)F)ccc1Br)c1cccs1. The molecular weight excluding hydrogens is 365 g/mol. The first-order chi connectivity index (χ1) is 9.84. The quantitative estimate of drug-likeness (QED) is 0.763. The van der Waals surface area contributed by atoms with E-state index in [4.69, 9.17) is 5.73 Å². The molecule has 0 spiro atoms. The summed E-state index contributed by atoms with van der Waals surface area (Å²) < 4.78 is 38.8. The second kappa shape index (κ2) is 5.92. The summed E-state index contributed by atoms with van der Waals surface area (Å²) in [6.45, 7) is 0. The highest BCUT2D eigenvalue weighted by Crippen LogP contribution is 2.35. The molecule has 2 rings (SSSR count). The molecule has 0 amide bonds. The van der Waals surface area contributed by atoms with E-state index in [1.807, 2.05) is 6.07 Å². The van der Waals surface area contributed by atoms with Gasteiger partial charge >= 0.3 is 6.18 Å². The van der Waals surface area contributed by atoms with Crippen LogP contribution in [0.5, 0.6) is 0 Å². The molecule has 2 N–H and O–H groups in total. The standard InChI is InChI=1S/C14H8BrF3N2S/c15-11-4-3-8(14(16,17)18)6-9(11)13(20)10(7-19)12-2-1-5-21-12/h1-6H,20H2/b13-10-. The van der Waals surface area contributed by atoms with Gasteiger partial charge in [-0.3, -0.25) is 0 Å². The van der Waals surface area contributed by atoms with Crippen molar-refractivity contribution < 1.29 is 13.2 Å². The van der Waals surface area contributed by atoms with Gasteiger partial charge in [-0.15, -0.1) is 11.3 Å². The number of nitrogens with two attached hydrogens (primary N) is 1. The second-order valence-electron chi connectivity index (χ2n) is 4.07. The third-order valence-corrected chi connectivity index (χ3v) is 4.31. The number of thiophene rings is 1. The minimum Gasteiger partial charge on any atom is -0.397 e. The summed E-state index contributed by atoms with van der Waals surface area (Å²) in [4.78, 5) is 0.610. The number of hydrogen-bond donors (Lipinski definition) is 1. The lowest BCUT2D eigenvalue weighted by Crippen LogP contribution is -2.08. The van der Waals surface area contributed by atoms with E-state index in [0.29, 0.717) is 9.35 Å². The zero-order chi connectivity index (χ0) is 15.6. The number of benzene rings is 1. The van der Waals surface area contributed by atoms with Gasteiger partial charge in [0.1, 0.15) is 6.07 Å². The van der Waals surface area contributed by atoms with E-state index >= 15 is 0 Å². The monoisotopic (exact) mass is 372 g/mol. The highest BCUT2D eigenvalue weighted by molar-refractivity contribution is 9.10. The summed E-state index contributed by atoms with van der Waals surface area (Å²) >= 11 is 4.47. The van der Waals surface area contributed by atoms with E-state index in [1.54, 1.807) is 17.5 Å². The van der Waals surface area contributed by atoms with Crippen molar-refractivity contribution in [2.45, 2.75) is 6.18 Å². The first-order valence-corrected chi connectivity index (χ1v) is 7.32. The fourth-order valence-electron chi connectivity index (χ4n) is 1.71. The number of nitriles is 1. The number of alkyl halides is 3. The Kier molecular flexibility index (Phi) is 4.40. The van der Waals surface area contributed by atoms with E-state index in [9.17, 15) is 18.4 Å². The Balaban J connectivity index is 2.63. The van der Waals surface area contributed by atoms with Crippen LogP contribution in [0.3, 0.4) is 0 Å². The molecule has 0 bridgehead atoms. The molecule has 0 fully saturated rings. The molecule has 2 nitrogen and oxygen atoms in total. The van der Waals surface area contributed by atoms with Gasteiger partial charge in [-0.05, 0) is 29.6 Å². The van der Waals surface area contributed by atoms with Gasteiger partial charge < -0.3 is 5.73 Å². The normalized spacial score (nSPS) is 12.7. The Hall–Kier alpha value is -1.78. The third kappa shape index (κ3) is 3.28. The molecule has 7 heteroatoms. The number of nitrogens with zero attached hydrogens (tertiary/aromatic N) is 1. The summed E-state index contributed by atoms with van der Waals surface area (Å²) in [7, 11) is 0. The maximum Gasteiger partial charge on any atom is 0.416 e. The van der Waals surface area contributed by atoms with E-state index in [-0.39, 0.29) is 16.8 Å². The Morgan fingerprint density at radius 3 is 2.52 bits per heavy atom. The van der Waals surface area contributed by atoms with Crippen molar-refractivity contribution in [3.63, 3.8) is 0 Å². The molecule has 1 aromatic heterocycles. The van der Waals surface area contributed by atoms with Crippen LogP contribution in [-0.2, 0) is 6.18 Å². The topological polar surface area (TPSA) is 49.8 Å². The Bertz CT molecular complexity index is 728. The van der Waals surface area contributed by atoms with Crippen LogP contribution in [0.2, 0.25) is 0 Å². The highest BCUT2D eigenvalue weighted by Gasteiger charge is 2.31. The molecular formula is C14H8BrF3N2S. The van der Waals surface area contributed by atoms with Crippen molar-refractivity contribution in [1.82, 2.24) is 0 Å². The minimum atomic E-state index is -4.47. The maximum atomic E-state index is 12.8. The van der Waals surface area contributed by atoms with E-state index in [0.717, 1.165) is 12.1 Å². The van der Waals surface area contributed by atoms with Crippen LogP contribution in [0, 0.1) is 11.3 Å². The Morgan fingerprint density at radius 2 is 2.00 bits per heavy atom. The predicted molar refractivity (Wildman–Crippen MR) is 80.1 cm³/mol. The van der Waals surface area contributed by atoms with Crippen molar-refractivity contribution in [3.8, 4) is 6.07 Å². The minimum absolute atomic E-state index is 0.0120. The van der Waals surface area contributed by atoms with Crippen LogP contribution < -0.4 is 5.73 Å². The number of rotatable bonds is 2. The van der Waals surface area contributed by atoms with Crippen molar-refractivity contribution in [2.24, 2.45) is 5.73 Å². The second-order valence-corrected chi connectivity index (χ2v) is 5.87. The average Bonchev–Trinajstić information content (AvgIpc) is 2.92. The van der Waals surface area contributed by atoms with Gasteiger partial charge in [-0.1, -0.05) is 22.0 Å². The molecule has 2 aromatic rings. The Labute approximate surface area is 131 Å². The summed E-state index contributed by atoms with van der Waals surface area (Å²) in [6, 6.07) is 8.55. The summed E-state index contributed by atoms with van der Waals surface area (Å²) in [5.74, 6) is 0. The van der Waals surface area contributed by atoms with Crippen molar-refractivity contribution >= 4 is 38.5 Å². The van der Waals surface area contributed by atoms with Gasteiger partial charge in [0.05, 0.1) is 16.8 Å². The van der Waals surface area contributed by atoms with Crippen molar-refractivity contribution in [1.29, 1.82) is 5.26 Å². The van der Waals surface area contributed by atoms with Gasteiger partial charge in [0.25, 0.3) is 0 Å².